The molecule has 2 aromatic carbocycles. The molecule has 0 fully saturated rings. The molecule has 0 spiro atoms. The summed E-state index contributed by atoms with van der Waals surface area (Å²) in [5.74, 6) is -2.22. The van der Waals surface area contributed by atoms with E-state index >= 15 is 0 Å². The van der Waals surface area contributed by atoms with E-state index in [9.17, 15) is 22.8 Å². The minimum atomic E-state index is -3.51. The molecule has 1 heterocycles. The van der Waals surface area contributed by atoms with Crippen LogP contribution in [0.1, 0.15) is 22.3 Å². The molecule has 0 radical (unpaired) electrons. The van der Waals surface area contributed by atoms with Crippen LogP contribution in [-0.4, -0.2) is 50.8 Å². The van der Waals surface area contributed by atoms with E-state index in [1.807, 2.05) is 0 Å². The predicted octanol–water partition coefficient (Wildman–Crippen LogP) is 2.09. The second kappa shape index (κ2) is 10.5. The fraction of sp³-hybridized carbons (Fsp3) is 0.273. The summed E-state index contributed by atoms with van der Waals surface area (Å²) in [5.41, 5.74) is 1.52. The largest absolute Gasteiger partial charge is 0.468 e. The molecule has 0 saturated carbocycles. The quantitative estimate of drug-likeness (QED) is 0.443. The molecule has 11 heteroatoms. The van der Waals surface area contributed by atoms with Crippen LogP contribution in [0.4, 0.5) is 0 Å². The molecule has 3 rings (SSSR count). The maximum Gasteiger partial charge on any atom is 0.337 e. The number of fused-ring (bicyclic) bond motifs is 1. The number of hydrogen-bond donors (Lipinski definition) is 0. The van der Waals surface area contributed by atoms with Crippen LogP contribution in [-0.2, 0) is 41.2 Å². The number of methoxy groups -OCH3 is 2. The number of nitrogens with zero attached hydrogens (tertiary/aromatic N) is 2. The van der Waals surface area contributed by atoms with Gasteiger partial charge in [-0.25, -0.2) is 13.2 Å². The summed E-state index contributed by atoms with van der Waals surface area (Å²) in [7, 11) is -0.998. The van der Waals surface area contributed by atoms with Gasteiger partial charge < -0.3 is 14.0 Å². The molecule has 1 aromatic heterocycles. The average molecular weight is 491 g/mol. The Kier molecular flexibility index (Phi) is 7.77. The Balaban J connectivity index is 1.87. The van der Waals surface area contributed by atoms with Gasteiger partial charge in [0, 0.05) is 6.42 Å². The van der Waals surface area contributed by atoms with E-state index in [1.165, 1.54) is 24.9 Å². The summed E-state index contributed by atoms with van der Waals surface area (Å²) in [6.07, 6.45) is -0.297. The van der Waals surface area contributed by atoms with E-state index in [4.69, 9.17) is 9.47 Å². The van der Waals surface area contributed by atoms with E-state index in [2.05, 4.69) is 4.99 Å². The van der Waals surface area contributed by atoms with Gasteiger partial charge in [-0.2, -0.15) is 4.99 Å². The molecule has 174 valence electrons. The lowest BCUT2D eigenvalue weighted by Gasteiger charge is -2.05. The summed E-state index contributed by atoms with van der Waals surface area (Å²) < 4.78 is 36.3. The third-order valence-corrected chi connectivity index (χ3v) is 7.34. The van der Waals surface area contributed by atoms with Gasteiger partial charge in [-0.15, -0.1) is 0 Å². The van der Waals surface area contributed by atoms with E-state index < -0.39 is 27.7 Å². The monoisotopic (exact) mass is 490 g/mol. The molecule has 0 aliphatic heterocycles. The van der Waals surface area contributed by atoms with Crippen LogP contribution >= 0.6 is 11.3 Å². The van der Waals surface area contributed by atoms with Crippen molar-refractivity contribution in [3.63, 3.8) is 0 Å². The minimum absolute atomic E-state index is 0.164. The van der Waals surface area contributed by atoms with Crippen molar-refractivity contribution in [2.24, 2.45) is 4.99 Å². The van der Waals surface area contributed by atoms with Gasteiger partial charge in [0.05, 0.1) is 41.5 Å². The number of esters is 2. The molecule has 33 heavy (non-hydrogen) atoms. The van der Waals surface area contributed by atoms with E-state index in [0.29, 0.717) is 21.3 Å². The summed E-state index contributed by atoms with van der Waals surface area (Å²) >= 11 is 1.09. The van der Waals surface area contributed by atoms with Crippen LogP contribution in [0.25, 0.3) is 10.2 Å². The third kappa shape index (κ3) is 6.36. The highest BCUT2D eigenvalue weighted by Gasteiger charge is 2.17. The second-order valence-corrected chi connectivity index (χ2v) is 10.2. The molecule has 0 aliphatic carbocycles. The van der Waals surface area contributed by atoms with Crippen molar-refractivity contribution in [1.29, 1.82) is 0 Å². The lowest BCUT2D eigenvalue weighted by Crippen LogP contribution is -2.23. The van der Waals surface area contributed by atoms with Crippen LogP contribution in [0, 0.1) is 0 Å². The Bertz CT molecular complexity index is 1360. The van der Waals surface area contributed by atoms with Crippen molar-refractivity contribution in [1.82, 2.24) is 4.57 Å². The van der Waals surface area contributed by atoms with E-state index in [1.54, 1.807) is 42.5 Å². The number of ether oxygens (including phenoxy) is 2. The molecular weight excluding hydrogens is 468 g/mol. The molecule has 1 amide bonds. The summed E-state index contributed by atoms with van der Waals surface area (Å²) in [5, 5.41) is 0. The number of rotatable bonds is 8. The van der Waals surface area contributed by atoms with Crippen molar-refractivity contribution in [2.45, 2.75) is 18.7 Å². The second-order valence-electron chi connectivity index (χ2n) is 7.05. The maximum absolute atomic E-state index is 12.5. The number of hydrogen-bond acceptors (Lipinski definition) is 8. The number of benzene rings is 2. The first-order valence-electron chi connectivity index (χ1n) is 9.83. The lowest BCUT2D eigenvalue weighted by molar-refractivity contribution is -0.141. The highest BCUT2D eigenvalue weighted by molar-refractivity contribution is 7.90. The van der Waals surface area contributed by atoms with Gasteiger partial charge in [0.1, 0.15) is 6.54 Å². The van der Waals surface area contributed by atoms with Gasteiger partial charge in [0.25, 0.3) is 0 Å². The van der Waals surface area contributed by atoms with Crippen LogP contribution < -0.4 is 4.80 Å². The first-order valence-corrected chi connectivity index (χ1v) is 12.5. The Morgan fingerprint density at radius 2 is 1.76 bits per heavy atom. The van der Waals surface area contributed by atoms with Crippen LogP contribution in [0.2, 0.25) is 0 Å². The van der Waals surface area contributed by atoms with E-state index in [0.717, 1.165) is 11.3 Å². The van der Waals surface area contributed by atoms with Crippen LogP contribution in [0.3, 0.4) is 0 Å². The van der Waals surface area contributed by atoms with Crippen molar-refractivity contribution >= 4 is 49.2 Å². The number of carbonyl (C=O) groups is 3. The molecule has 0 unspecified atom stereocenters. The summed E-state index contributed by atoms with van der Waals surface area (Å²) in [6, 6.07) is 13.4. The Morgan fingerprint density at radius 3 is 2.42 bits per heavy atom. The predicted molar refractivity (Wildman–Crippen MR) is 122 cm³/mol. The Morgan fingerprint density at radius 1 is 1.03 bits per heavy atom. The molecule has 0 aliphatic rings. The van der Waals surface area contributed by atoms with Gasteiger partial charge in [-0.3, -0.25) is 9.59 Å². The Hall–Kier alpha value is -3.31. The summed E-state index contributed by atoms with van der Waals surface area (Å²) in [6.45, 7) is -0.202. The smallest absolute Gasteiger partial charge is 0.337 e. The van der Waals surface area contributed by atoms with Crippen LogP contribution in [0.5, 0.6) is 0 Å². The third-order valence-electron chi connectivity index (χ3n) is 4.70. The van der Waals surface area contributed by atoms with Crippen molar-refractivity contribution in [3.05, 3.63) is 64.5 Å². The Labute approximate surface area is 194 Å². The topological polar surface area (TPSA) is 121 Å². The first-order chi connectivity index (χ1) is 15.7. The number of carbonyl (C=O) groups excluding carboxylic acids is 3. The lowest BCUT2D eigenvalue weighted by atomic mass is 10.2. The van der Waals surface area contributed by atoms with Crippen molar-refractivity contribution in [2.75, 3.05) is 20.0 Å². The first kappa shape index (κ1) is 24.3. The SMILES string of the molecule is COC(=O)Cn1c(=NC(=O)CCS(=O)(=O)Cc2ccccc2)sc2cc(C(=O)OC)ccc21. The van der Waals surface area contributed by atoms with Gasteiger partial charge >= 0.3 is 11.9 Å². The molecule has 0 bridgehead atoms. The van der Waals surface area contributed by atoms with Gasteiger partial charge in [0.15, 0.2) is 14.6 Å². The van der Waals surface area contributed by atoms with Gasteiger partial charge in [-0.1, -0.05) is 41.7 Å². The van der Waals surface area contributed by atoms with E-state index in [-0.39, 0.29) is 29.3 Å². The van der Waals surface area contributed by atoms with Crippen molar-refractivity contribution in [3.8, 4) is 0 Å². The number of sulfone groups is 1. The minimum Gasteiger partial charge on any atom is -0.468 e. The number of amides is 1. The molecule has 9 nitrogen and oxygen atoms in total. The maximum atomic E-state index is 12.5. The fourth-order valence-corrected chi connectivity index (χ4v) is 5.47. The standard InChI is InChI=1S/C22H22N2O7S2/c1-30-20(26)13-24-17-9-8-16(21(27)31-2)12-18(17)32-22(24)23-19(25)10-11-33(28,29)14-15-6-4-3-5-7-15/h3-9,12H,10-11,13-14H2,1-2H3. The molecule has 0 atom stereocenters. The van der Waals surface area contributed by atoms with Gasteiger partial charge in [-0.05, 0) is 23.8 Å². The molecule has 3 aromatic rings. The zero-order valence-electron chi connectivity index (χ0n) is 18.0. The number of aromatic nitrogens is 1. The zero-order chi connectivity index (χ0) is 24.0. The normalized spacial score (nSPS) is 12.0. The van der Waals surface area contributed by atoms with Crippen LogP contribution in [0.15, 0.2) is 53.5 Å². The number of thiazole rings is 1. The highest BCUT2D eigenvalue weighted by atomic mass is 32.2. The molecular formula is C22H22N2O7S2. The van der Waals surface area contributed by atoms with Crippen molar-refractivity contribution < 1.29 is 32.3 Å². The highest BCUT2D eigenvalue weighted by Crippen LogP contribution is 2.20. The average Bonchev–Trinajstić information content (AvgIpc) is 3.13. The molecule has 0 saturated heterocycles. The molecule has 0 N–H and O–H groups in total. The zero-order valence-corrected chi connectivity index (χ0v) is 19.6. The summed E-state index contributed by atoms with van der Waals surface area (Å²) in [4.78, 5) is 40.5. The fourth-order valence-electron chi connectivity index (χ4n) is 3.06. The van der Waals surface area contributed by atoms with Gasteiger partial charge in [0.2, 0.25) is 5.91 Å².